The zero-order chi connectivity index (χ0) is 12.8. The maximum absolute atomic E-state index is 5.78. The average Bonchev–Trinajstić information content (AvgIpc) is 2.40. The third-order valence-corrected chi connectivity index (χ3v) is 3.74. The van der Waals surface area contributed by atoms with Gasteiger partial charge in [0.2, 0.25) is 0 Å². The van der Waals surface area contributed by atoms with Crippen molar-refractivity contribution < 1.29 is 0 Å². The molecule has 2 aromatic carbocycles. The largest absolute Gasteiger partial charge is 0.399 e. The highest BCUT2D eigenvalue weighted by Gasteiger charge is 2.01. The standard InChI is InChI=1S/C15H18N2S/c1-17(14-7-5-6-13(16)12-14)10-11-18-15-8-3-2-4-9-15/h2-9,12H,10-11,16H2,1H3. The quantitative estimate of drug-likeness (QED) is 0.657. The first-order chi connectivity index (χ1) is 8.75. The summed E-state index contributed by atoms with van der Waals surface area (Å²) in [4.78, 5) is 3.55. The average molecular weight is 258 g/mol. The van der Waals surface area contributed by atoms with Crippen LogP contribution in [0.5, 0.6) is 0 Å². The fourth-order valence-electron chi connectivity index (χ4n) is 1.71. The lowest BCUT2D eigenvalue weighted by Gasteiger charge is -2.19. The van der Waals surface area contributed by atoms with Gasteiger partial charge in [0.25, 0.3) is 0 Å². The van der Waals surface area contributed by atoms with E-state index in [-0.39, 0.29) is 0 Å². The Hall–Kier alpha value is -1.61. The molecule has 0 saturated carbocycles. The molecule has 0 amide bonds. The molecule has 0 unspecified atom stereocenters. The summed E-state index contributed by atoms with van der Waals surface area (Å²) in [5, 5.41) is 0. The van der Waals surface area contributed by atoms with Crippen molar-refractivity contribution in [2.45, 2.75) is 4.90 Å². The van der Waals surface area contributed by atoms with E-state index in [4.69, 9.17) is 5.73 Å². The smallest absolute Gasteiger partial charge is 0.0384 e. The van der Waals surface area contributed by atoms with Crippen LogP contribution in [-0.4, -0.2) is 19.3 Å². The summed E-state index contributed by atoms with van der Waals surface area (Å²) >= 11 is 1.87. The van der Waals surface area contributed by atoms with E-state index >= 15 is 0 Å². The van der Waals surface area contributed by atoms with E-state index in [2.05, 4.69) is 42.3 Å². The summed E-state index contributed by atoms with van der Waals surface area (Å²) in [6.45, 7) is 1.00. The highest BCUT2D eigenvalue weighted by Crippen LogP contribution is 2.19. The van der Waals surface area contributed by atoms with Crippen LogP contribution in [0, 0.1) is 0 Å². The van der Waals surface area contributed by atoms with Crippen molar-refractivity contribution in [1.29, 1.82) is 0 Å². The Morgan fingerprint density at radius 3 is 2.56 bits per heavy atom. The Bertz CT molecular complexity index is 485. The summed E-state index contributed by atoms with van der Waals surface area (Å²) < 4.78 is 0. The molecule has 2 N–H and O–H groups in total. The van der Waals surface area contributed by atoms with Crippen LogP contribution in [0.25, 0.3) is 0 Å². The number of thioether (sulfide) groups is 1. The highest BCUT2D eigenvalue weighted by atomic mass is 32.2. The number of hydrogen-bond donors (Lipinski definition) is 1. The Balaban J connectivity index is 1.83. The number of nitrogen functional groups attached to an aromatic ring is 1. The van der Waals surface area contributed by atoms with Gasteiger partial charge in [0.15, 0.2) is 0 Å². The van der Waals surface area contributed by atoms with Crippen LogP contribution < -0.4 is 10.6 Å². The Morgan fingerprint density at radius 2 is 1.83 bits per heavy atom. The van der Waals surface area contributed by atoms with Crippen molar-refractivity contribution in [2.75, 3.05) is 30.0 Å². The zero-order valence-corrected chi connectivity index (χ0v) is 11.4. The van der Waals surface area contributed by atoms with Gasteiger partial charge in [-0.15, -0.1) is 11.8 Å². The molecule has 0 aliphatic rings. The minimum absolute atomic E-state index is 0.815. The fourth-order valence-corrected chi connectivity index (χ4v) is 2.66. The van der Waals surface area contributed by atoms with Crippen molar-refractivity contribution in [2.24, 2.45) is 0 Å². The lowest BCUT2D eigenvalue weighted by atomic mass is 10.2. The van der Waals surface area contributed by atoms with Crippen molar-refractivity contribution in [1.82, 2.24) is 0 Å². The van der Waals surface area contributed by atoms with E-state index in [0.717, 1.165) is 18.0 Å². The molecule has 0 aliphatic carbocycles. The van der Waals surface area contributed by atoms with Crippen LogP contribution in [0.4, 0.5) is 11.4 Å². The molecule has 94 valence electrons. The van der Waals surface area contributed by atoms with Crippen molar-refractivity contribution in [3.05, 3.63) is 54.6 Å². The SMILES string of the molecule is CN(CCSc1ccccc1)c1cccc(N)c1. The Kier molecular flexibility index (Phi) is 4.53. The summed E-state index contributed by atoms with van der Waals surface area (Å²) in [7, 11) is 2.10. The molecule has 2 nitrogen and oxygen atoms in total. The van der Waals surface area contributed by atoms with Gasteiger partial charge in [-0.3, -0.25) is 0 Å². The molecular weight excluding hydrogens is 240 g/mol. The number of nitrogens with two attached hydrogens (primary N) is 1. The molecule has 0 fully saturated rings. The number of anilines is 2. The minimum atomic E-state index is 0.815. The van der Waals surface area contributed by atoms with Gasteiger partial charge in [0, 0.05) is 35.6 Å². The van der Waals surface area contributed by atoms with Gasteiger partial charge in [-0.05, 0) is 30.3 Å². The first kappa shape index (κ1) is 12.8. The number of rotatable bonds is 5. The van der Waals surface area contributed by atoms with Crippen molar-refractivity contribution >= 4 is 23.1 Å². The second-order valence-electron chi connectivity index (χ2n) is 4.18. The van der Waals surface area contributed by atoms with Crippen molar-refractivity contribution in [3.63, 3.8) is 0 Å². The Morgan fingerprint density at radius 1 is 1.06 bits per heavy atom. The molecule has 0 saturated heterocycles. The maximum Gasteiger partial charge on any atom is 0.0384 e. The van der Waals surface area contributed by atoms with E-state index in [0.29, 0.717) is 0 Å². The summed E-state index contributed by atoms with van der Waals surface area (Å²) in [5.41, 5.74) is 7.77. The van der Waals surface area contributed by atoms with E-state index in [1.54, 1.807) is 0 Å². The van der Waals surface area contributed by atoms with E-state index in [1.807, 2.05) is 36.0 Å². The van der Waals surface area contributed by atoms with Crippen LogP contribution in [0.2, 0.25) is 0 Å². The summed E-state index contributed by atoms with van der Waals surface area (Å²) in [6.07, 6.45) is 0. The summed E-state index contributed by atoms with van der Waals surface area (Å²) in [6, 6.07) is 18.5. The van der Waals surface area contributed by atoms with Gasteiger partial charge >= 0.3 is 0 Å². The Labute approximate surface area is 113 Å². The minimum Gasteiger partial charge on any atom is -0.399 e. The number of hydrogen-bond acceptors (Lipinski definition) is 3. The van der Waals surface area contributed by atoms with Gasteiger partial charge in [0.05, 0.1) is 0 Å². The van der Waals surface area contributed by atoms with E-state index in [9.17, 15) is 0 Å². The maximum atomic E-state index is 5.78. The second kappa shape index (κ2) is 6.36. The molecular formula is C15H18N2S. The van der Waals surface area contributed by atoms with E-state index in [1.165, 1.54) is 10.6 Å². The van der Waals surface area contributed by atoms with Gasteiger partial charge in [-0.1, -0.05) is 24.3 Å². The molecule has 2 aromatic rings. The van der Waals surface area contributed by atoms with Crippen LogP contribution in [0.3, 0.4) is 0 Å². The molecule has 0 aromatic heterocycles. The molecule has 2 rings (SSSR count). The lowest BCUT2D eigenvalue weighted by Crippen LogP contribution is -2.20. The first-order valence-corrected chi connectivity index (χ1v) is 6.99. The van der Waals surface area contributed by atoms with Crippen molar-refractivity contribution in [3.8, 4) is 0 Å². The molecule has 0 spiro atoms. The van der Waals surface area contributed by atoms with Gasteiger partial charge in [-0.25, -0.2) is 0 Å². The molecule has 0 radical (unpaired) electrons. The monoisotopic (exact) mass is 258 g/mol. The van der Waals surface area contributed by atoms with Crippen LogP contribution >= 0.6 is 11.8 Å². The number of nitrogens with zero attached hydrogens (tertiary/aromatic N) is 1. The lowest BCUT2D eigenvalue weighted by molar-refractivity contribution is 0.977. The summed E-state index contributed by atoms with van der Waals surface area (Å²) in [5.74, 6) is 1.06. The first-order valence-electron chi connectivity index (χ1n) is 6.00. The van der Waals surface area contributed by atoms with Gasteiger partial charge in [-0.2, -0.15) is 0 Å². The second-order valence-corrected chi connectivity index (χ2v) is 5.35. The molecule has 3 heteroatoms. The third-order valence-electron chi connectivity index (χ3n) is 2.75. The van der Waals surface area contributed by atoms with Gasteiger partial charge < -0.3 is 10.6 Å². The van der Waals surface area contributed by atoms with Crippen LogP contribution in [0.1, 0.15) is 0 Å². The predicted octanol–water partition coefficient (Wildman–Crippen LogP) is 3.50. The van der Waals surface area contributed by atoms with Crippen LogP contribution in [0.15, 0.2) is 59.5 Å². The zero-order valence-electron chi connectivity index (χ0n) is 10.5. The van der Waals surface area contributed by atoms with E-state index < -0.39 is 0 Å². The normalized spacial score (nSPS) is 10.3. The molecule has 0 aliphatic heterocycles. The molecule has 0 atom stereocenters. The topological polar surface area (TPSA) is 29.3 Å². The molecule has 0 heterocycles. The fraction of sp³-hybridized carbons (Fsp3) is 0.200. The third kappa shape index (κ3) is 3.70. The molecule has 0 bridgehead atoms. The molecule has 18 heavy (non-hydrogen) atoms. The van der Waals surface area contributed by atoms with Crippen LogP contribution in [-0.2, 0) is 0 Å². The predicted molar refractivity (Wildman–Crippen MR) is 81.3 cm³/mol. The highest BCUT2D eigenvalue weighted by molar-refractivity contribution is 7.99. The number of benzene rings is 2. The van der Waals surface area contributed by atoms with Gasteiger partial charge in [0.1, 0.15) is 0 Å².